The monoisotopic (exact) mass is 662 g/mol. The highest BCUT2D eigenvalue weighted by atomic mass is 35.5. The summed E-state index contributed by atoms with van der Waals surface area (Å²) in [5.74, 6) is -1.33. The van der Waals surface area contributed by atoms with Crippen LogP contribution in [0.4, 0.5) is 5.69 Å². The van der Waals surface area contributed by atoms with Gasteiger partial charge < -0.3 is 25.0 Å². The van der Waals surface area contributed by atoms with E-state index in [-0.39, 0.29) is 18.2 Å². The molecule has 3 amide bonds. The van der Waals surface area contributed by atoms with Crippen LogP contribution >= 0.6 is 23.2 Å². The maximum Gasteiger partial charge on any atom is 0.328 e. The zero-order valence-electron chi connectivity index (χ0n) is 25.6. The molecule has 4 aromatic rings. The van der Waals surface area contributed by atoms with Gasteiger partial charge in [-0.25, -0.2) is 9.78 Å². The van der Waals surface area contributed by atoms with Crippen molar-refractivity contribution in [1.82, 2.24) is 15.6 Å². The summed E-state index contributed by atoms with van der Waals surface area (Å²) in [5.41, 5.74) is 3.45. The highest BCUT2D eigenvalue weighted by molar-refractivity contribution is 6.38. The number of aromatic nitrogens is 1. The van der Waals surface area contributed by atoms with Crippen molar-refractivity contribution in [2.75, 3.05) is 25.6 Å². The smallest absolute Gasteiger partial charge is 0.328 e. The number of carbonyl (C=O) groups is 4. The number of hydrogen-bond donors (Lipinski definition) is 2. The molecule has 46 heavy (non-hydrogen) atoms. The Kier molecular flexibility index (Phi) is 11.3. The van der Waals surface area contributed by atoms with E-state index in [0.717, 1.165) is 16.6 Å². The summed E-state index contributed by atoms with van der Waals surface area (Å²) in [6.07, 6.45) is 2.81. The molecule has 0 aliphatic rings. The van der Waals surface area contributed by atoms with Crippen LogP contribution in [0.1, 0.15) is 34.1 Å². The SMILES string of the molecule is COC(=O)[C@@H](C)NC(=O)c1ccc(/C=C/C(=O)NCC(=O)N(C)c2ccc(Cl)c(COc3cccc4ccc(C)nc34)c2Cl)cc1. The third-order valence-corrected chi connectivity index (χ3v) is 7.79. The van der Waals surface area contributed by atoms with E-state index in [4.69, 9.17) is 27.9 Å². The molecule has 12 heteroatoms. The highest BCUT2D eigenvalue weighted by Crippen LogP contribution is 2.35. The van der Waals surface area contributed by atoms with Gasteiger partial charge in [-0.05, 0) is 61.9 Å². The lowest BCUT2D eigenvalue weighted by Gasteiger charge is -2.21. The molecule has 0 aliphatic heterocycles. The molecule has 0 saturated carbocycles. The number of nitrogens with zero attached hydrogens (tertiary/aromatic N) is 2. The van der Waals surface area contributed by atoms with Gasteiger partial charge >= 0.3 is 5.97 Å². The molecule has 1 atom stereocenters. The second-order valence-electron chi connectivity index (χ2n) is 10.3. The number of esters is 1. The van der Waals surface area contributed by atoms with E-state index in [2.05, 4.69) is 20.4 Å². The molecule has 0 radical (unpaired) electrons. The molecule has 1 aromatic heterocycles. The van der Waals surface area contributed by atoms with Gasteiger partial charge in [-0.1, -0.05) is 53.5 Å². The number of nitrogens with one attached hydrogen (secondary N) is 2. The van der Waals surface area contributed by atoms with Gasteiger partial charge in [0.15, 0.2) is 0 Å². The van der Waals surface area contributed by atoms with Gasteiger partial charge in [-0.2, -0.15) is 0 Å². The number of carbonyl (C=O) groups excluding carboxylic acids is 4. The van der Waals surface area contributed by atoms with Crippen molar-refractivity contribution >= 4 is 69.6 Å². The zero-order valence-corrected chi connectivity index (χ0v) is 27.1. The van der Waals surface area contributed by atoms with Crippen LogP contribution in [0.25, 0.3) is 17.0 Å². The number of ether oxygens (including phenoxy) is 2. The topological polar surface area (TPSA) is 127 Å². The summed E-state index contributed by atoms with van der Waals surface area (Å²) in [6.45, 7) is 3.18. The van der Waals surface area contributed by atoms with E-state index < -0.39 is 29.7 Å². The Hall–Kier alpha value is -4.93. The summed E-state index contributed by atoms with van der Waals surface area (Å²) in [6, 6.07) is 18.4. The van der Waals surface area contributed by atoms with Crippen LogP contribution in [0, 0.1) is 6.92 Å². The zero-order chi connectivity index (χ0) is 33.4. The molecule has 0 unspecified atom stereocenters. The van der Waals surface area contributed by atoms with Gasteiger partial charge in [0.1, 0.15) is 23.9 Å². The first-order chi connectivity index (χ1) is 22.0. The maximum atomic E-state index is 13.0. The number of methoxy groups -OCH3 is 1. The van der Waals surface area contributed by atoms with Crippen molar-refractivity contribution < 1.29 is 28.7 Å². The summed E-state index contributed by atoms with van der Waals surface area (Å²) >= 11 is 13.2. The van der Waals surface area contributed by atoms with Crippen molar-refractivity contribution in [2.24, 2.45) is 0 Å². The van der Waals surface area contributed by atoms with Crippen LogP contribution in [0.2, 0.25) is 10.0 Å². The lowest BCUT2D eigenvalue weighted by Crippen LogP contribution is -2.39. The largest absolute Gasteiger partial charge is 0.487 e. The van der Waals surface area contributed by atoms with Gasteiger partial charge in [-0.3, -0.25) is 14.4 Å². The lowest BCUT2D eigenvalue weighted by atomic mass is 10.1. The van der Waals surface area contributed by atoms with Crippen LogP contribution in [-0.2, 0) is 25.7 Å². The Morgan fingerprint density at radius 2 is 1.74 bits per heavy atom. The number of hydrogen-bond acceptors (Lipinski definition) is 7. The quantitative estimate of drug-likeness (QED) is 0.160. The highest BCUT2D eigenvalue weighted by Gasteiger charge is 2.20. The minimum atomic E-state index is -0.794. The third kappa shape index (κ3) is 8.41. The first-order valence-electron chi connectivity index (χ1n) is 14.2. The van der Waals surface area contributed by atoms with Gasteiger partial charge in [0.05, 0.1) is 24.4 Å². The molecule has 1 heterocycles. The van der Waals surface area contributed by atoms with Crippen molar-refractivity contribution in [3.05, 3.63) is 105 Å². The average molecular weight is 664 g/mol. The number of fused-ring (bicyclic) bond motifs is 1. The van der Waals surface area contributed by atoms with Gasteiger partial charge in [0.2, 0.25) is 11.8 Å². The van der Waals surface area contributed by atoms with Crippen LogP contribution < -0.4 is 20.3 Å². The molecule has 0 bridgehead atoms. The number of aryl methyl sites for hydroxylation is 1. The van der Waals surface area contributed by atoms with Crippen molar-refractivity contribution in [3.63, 3.8) is 0 Å². The second kappa shape index (κ2) is 15.4. The average Bonchev–Trinajstić information content (AvgIpc) is 3.05. The Morgan fingerprint density at radius 1 is 1.00 bits per heavy atom. The third-order valence-electron chi connectivity index (χ3n) is 7.01. The fraction of sp³-hybridized carbons (Fsp3) is 0.206. The van der Waals surface area contributed by atoms with Crippen LogP contribution in [0.15, 0.2) is 72.8 Å². The number of benzene rings is 3. The van der Waals surface area contributed by atoms with Crippen LogP contribution in [-0.4, -0.2) is 55.4 Å². The predicted molar refractivity (Wildman–Crippen MR) is 178 cm³/mol. The van der Waals surface area contributed by atoms with E-state index in [1.165, 1.54) is 31.1 Å². The fourth-order valence-corrected chi connectivity index (χ4v) is 4.97. The number of anilines is 1. The van der Waals surface area contributed by atoms with Gasteiger partial charge in [0.25, 0.3) is 5.91 Å². The van der Waals surface area contributed by atoms with Gasteiger partial charge in [-0.15, -0.1) is 0 Å². The number of pyridine rings is 1. The minimum absolute atomic E-state index is 0.0437. The van der Waals surface area contributed by atoms with E-state index in [0.29, 0.717) is 33.1 Å². The predicted octanol–water partition coefficient (Wildman–Crippen LogP) is 5.51. The second-order valence-corrected chi connectivity index (χ2v) is 11.1. The number of para-hydroxylation sites is 1. The standard InChI is InChI=1S/C34H32Cl2N4O6/c1-20-8-12-23-6-5-7-28(32(23)38-20)46-19-25-26(35)15-16-27(31(25)36)40(3)30(42)18-37-29(41)17-11-22-9-13-24(14-10-22)33(43)39-21(2)34(44)45-4/h5-17,21H,18-19H2,1-4H3,(H,37,41)(H,39,43)/b17-11+/t21-/m1/s1. The van der Waals surface area contributed by atoms with Gasteiger partial charge in [0, 0.05) is 40.4 Å². The Bertz CT molecular complexity index is 1810. The number of amides is 3. The molecule has 238 valence electrons. The summed E-state index contributed by atoms with van der Waals surface area (Å²) < 4.78 is 10.7. The molecule has 10 nitrogen and oxygen atoms in total. The first-order valence-corrected chi connectivity index (χ1v) is 14.9. The Morgan fingerprint density at radius 3 is 2.46 bits per heavy atom. The summed E-state index contributed by atoms with van der Waals surface area (Å²) in [7, 11) is 2.79. The molecule has 0 spiro atoms. The number of likely N-dealkylation sites (N-methyl/N-ethyl adjacent to an activating group) is 1. The minimum Gasteiger partial charge on any atom is -0.487 e. The number of halogens is 2. The van der Waals surface area contributed by atoms with E-state index in [1.807, 2.05) is 37.3 Å². The molecule has 0 saturated heterocycles. The van der Waals surface area contributed by atoms with Crippen molar-refractivity contribution in [2.45, 2.75) is 26.5 Å². The molecular formula is C34H32Cl2N4O6. The molecule has 2 N–H and O–H groups in total. The fourth-order valence-electron chi connectivity index (χ4n) is 4.37. The maximum absolute atomic E-state index is 13.0. The summed E-state index contributed by atoms with van der Waals surface area (Å²) in [4.78, 5) is 55.1. The van der Waals surface area contributed by atoms with Crippen molar-refractivity contribution in [3.8, 4) is 5.75 Å². The van der Waals surface area contributed by atoms with E-state index >= 15 is 0 Å². The summed E-state index contributed by atoms with van der Waals surface area (Å²) in [5, 5.41) is 6.65. The molecule has 3 aromatic carbocycles. The van der Waals surface area contributed by atoms with E-state index in [9.17, 15) is 19.2 Å². The van der Waals surface area contributed by atoms with Crippen LogP contribution in [0.3, 0.4) is 0 Å². The van der Waals surface area contributed by atoms with Crippen molar-refractivity contribution in [1.29, 1.82) is 0 Å². The van der Waals surface area contributed by atoms with Crippen LogP contribution in [0.5, 0.6) is 5.75 Å². The Balaban J connectivity index is 1.34. The molecular weight excluding hydrogens is 631 g/mol. The first kappa shape index (κ1) is 34.0. The molecule has 0 fully saturated rings. The van der Waals surface area contributed by atoms with E-state index in [1.54, 1.807) is 43.4 Å². The Labute approximate surface area is 276 Å². The lowest BCUT2D eigenvalue weighted by molar-refractivity contribution is -0.142. The molecule has 0 aliphatic carbocycles. The molecule has 4 rings (SSSR count). The normalized spacial score (nSPS) is 11.6. The number of rotatable bonds is 11.